The molecule has 0 atom stereocenters. The molecule has 1 heterocycles. The van der Waals surface area contributed by atoms with Gasteiger partial charge in [0.1, 0.15) is 11.3 Å². The van der Waals surface area contributed by atoms with Gasteiger partial charge in [0, 0.05) is 5.56 Å². The minimum atomic E-state index is -1.02. The molecule has 0 amide bonds. The van der Waals surface area contributed by atoms with Crippen LogP contribution in [0.3, 0.4) is 0 Å². The van der Waals surface area contributed by atoms with Crippen LogP contribution in [0.25, 0.3) is 16.9 Å². The minimum Gasteiger partial charge on any atom is -0.478 e. The molecule has 1 aromatic heterocycles. The number of benzene rings is 2. The Morgan fingerprint density at radius 1 is 1.16 bits per heavy atom. The molecule has 6 heteroatoms. The maximum atomic E-state index is 11.9. The fraction of sp³-hybridized carbons (Fsp3) is 0.158. The monoisotopic (exact) mass is 374 g/mol. The van der Waals surface area contributed by atoms with Crippen molar-refractivity contribution >= 4 is 29.2 Å². The predicted molar refractivity (Wildman–Crippen MR) is 100 cm³/mol. The van der Waals surface area contributed by atoms with Gasteiger partial charge in [-0.3, -0.25) is 0 Å². The van der Waals surface area contributed by atoms with Gasteiger partial charge in [-0.25, -0.2) is 9.48 Å². The maximum absolute atomic E-state index is 11.9. The molecule has 0 aliphatic rings. The number of carboxylic acid groups (broad SMARTS) is 1. The summed E-state index contributed by atoms with van der Waals surface area (Å²) in [6.07, 6.45) is 0.532. The lowest BCUT2D eigenvalue weighted by Gasteiger charge is -2.07. The molecule has 0 saturated heterocycles. The average Bonchev–Trinajstić information content (AvgIpc) is 2.97. The Labute approximate surface area is 155 Å². The van der Waals surface area contributed by atoms with Crippen molar-refractivity contribution in [1.82, 2.24) is 9.78 Å². The second-order valence-corrected chi connectivity index (χ2v) is 6.52. The second-order valence-electron chi connectivity index (χ2n) is 5.71. The number of aryl methyl sites for hydroxylation is 1. The summed E-state index contributed by atoms with van der Waals surface area (Å²) in [5.41, 5.74) is 3.72. The summed E-state index contributed by atoms with van der Waals surface area (Å²) in [6, 6.07) is 12.8. The zero-order valence-electron chi connectivity index (χ0n) is 13.8. The second kappa shape index (κ2) is 6.90. The number of aromatic nitrogens is 2. The molecule has 3 aromatic rings. The van der Waals surface area contributed by atoms with E-state index in [1.807, 2.05) is 38.1 Å². The normalized spacial score (nSPS) is 10.9. The summed E-state index contributed by atoms with van der Waals surface area (Å²) in [7, 11) is 0. The zero-order chi connectivity index (χ0) is 18.1. The lowest BCUT2D eigenvalue weighted by Crippen LogP contribution is -2.05. The lowest BCUT2D eigenvalue weighted by atomic mass is 10.0. The lowest BCUT2D eigenvalue weighted by molar-refractivity contribution is 0.0696. The van der Waals surface area contributed by atoms with Gasteiger partial charge in [0.05, 0.1) is 21.4 Å². The number of carbonyl (C=O) groups is 1. The average molecular weight is 375 g/mol. The SMILES string of the molecule is CCc1c(C(=O)O)c(-c2ccc(Cl)c(Cl)c2)nn1-c1cccc(C)c1. The first-order valence-corrected chi connectivity index (χ1v) is 8.55. The largest absolute Gasteiger partial charge is 0.478 e. The van der Waals surface area contributed by atoms with Crippen molar-refractivity contribution in [2.24, 2.45) is 0 Å². The van der Waals surface area contributed by atoms with Crippen LogP contribution in [0.2, 0.25) is 10.0 Å². The topological polar surface area (TPSA) is 55.1 Å². The van der Waals surface area contributed by atoms with Crippen molar-refractivity contribution in [3.05, 3.63) is 69.3 Å². The summed E-state index contributed by atoms with van der Waals surface area (Å²) in [5.74, 6) is -1.02. The number of carboxylic acids is 1. The molecular weight excluding hydrogens is 359 g/mol. The molecule has 25 heavy (non-hydrogen) atoms. The number of nitrogens with zero attached hydrogens (tertiary/aromatic N) is 2. The number of hydrogen-bond acceptors (Lipinski definition) is 2. The quantitative estimate of drug-likeness (QED) is 0.663. The first-order valence-electron chi connectivity index (χ1n) is 7.80. The van der Waals surface area contributed by atoms with Crippen LogP contribution < -0.4 is 0 Å². The molecule has 4 nitrogen and oxygen atoms in total. The maximum Gasteiger partial charge on any atom is 0.339 e. The van der Waals surface area contributed by atoms with Gasteiger partial charge in [0.2, 0.25) is 0 Å². The third kappa shape index (κ3) is 3.28. The summed E-state index contributed by atoms with van der Waals surface area (Å²) < 4.78 is 1.69. The van der Waals surface area contributed by atoms with Crippen LogP contribution in [-0.2, 0) is 6.42 Å². The highest BCUT2D eigenvalue weighted by molar-refractivity contribution is 6.42. The van der Waals surface area contributed by atoms with E-state index in [0.29, 0.717) is 33.4 Å². The van der Waals surface area contributed by atoms with E-state index in [4.69, 9.17) is 23.2 Å². The highest BCUT2D eigenvalue weighted by atomic mass is 35.5. The number of aromatic carboxylic acids is 1. The third-order valence-electron chi connectivity index (χ3n) is 3.97. The van der Waals surface area contributed by atoms with Crippen molar-refractivity contribution in [3.8, 4) is 16.9 Å². The van der Waals surface area contributed by atoms with E-state index in [1.54, 1.807) is 22.9 Å². The van der Waals surface area contributed by atoms with Gasteiger partial charge in [0.25, 0.3) is 0 Å². The van der Waals surface area contributed by atoms with Gasteiger partial charge in [-0.2, -0.15) is 5.10 Å². The highest BCUT2D eigenvalue weighted by Crippen LogP contribution is 2.32. The van der Waals surface area contributed by atoms with Crippen LogP contribution in [0, 0.1) is 6.92 Å². The molecule has 0 spiro atoms. The van der Waals surface area contributed by atoms with Gasteiger partial charge in [0.15, 0.2) is 0 Å². The Hall–Kier alpha value is -2.30. The van der Waals surface area contributed by atoms with Gasteiger partial charge in [-0.05, 0) is 43.2 Å². The van der Waals surface area contributed by atoms with Crippen molar-refractivity contribution in [3.63, 3.8) is 0 Å². The Morgan fingerprint density at radius 3 is 2.52 bits per heavy atom. The number of rotatable bonds is 4. The number of halogens is 2. The fourth-order valence-corrected chi connectivity index (χ4v) is 3.12. The van der Waals surface area contributed by atoms with E-state index in [2.05, 4.69) is 5.10 Å². The van der Waals surface area contributed by atoms with E-state index in [9.17, 15) is 9.90 Å². The zero-order valence-corrected chi connectivity index (χ0v) is 15.3. The van der Waals surface area contributed by atoms with E-state index in [1.165, 1.54) is 0 Å². The molecule has 0 saturated carbocycles. The first kappa shape index (κ1) is 17.5. The van der Waals surface area contributed by atoms with Crippen LogP contribution >= 0.6 is 23.2 Å². The van der Waals surface area contributed by atoms with Crippen LogP contribution in [-0.4, -0.2) is 20.9 Å². The Kier molecular flexibility index (Phi) is 4.84. The minimum absolute atomic E-state index is 0.183. The molecule has 0 aliphatic heterocycles. The van der Waals surface area contributed by atoms with E-state index < -0.39 is 5.97 Å². The van der Waals surface area contributed by atoms with Crippen molar-refractivity contribution in [2.45, 2.75) is 20.3 Å². The molecule has 2 aromatic carbocycles. The smallest absolute Gasteiger partial charge is 0.339 e. The van der Waals surface area contributed by atoms with Crippen LogP contribution in [0.15, 0.2) is 42.5 Å². The van der Waals surface area contributed by atoms with Crippen molar-refractivity contribution in [2.75, 3.05) is 0 Å². The Morgan fingerprint density at radius 2 is 1.92 bits per heavy atom. The van der Waals surface area contributed by atoms with Gasteiger partial charge >= 0.3 is 5.97 Å². The Balaban J connectivity index is 2.28. The summed E-state index contributed by atoms with van der Waals surface area (Å²) in [5, 5.41) is 15.1. The first-order chi connectivity index (χ1) is 11.9. The number of hydrogen-bond donors (Lipinski definition) is 1. The van der Waals surface area contributed by atoms with E-state index >= 15 is 0 Å². The molecular formula is C19H16Cl2N2O2. The summed E-state index contributed by atoms with van der Waals surface area (Å²) in [4.78, 5) is 11.9. The van der Waals surface area contributed by atoms with Gasteiger partial charge in [-0.1, -0.05) is 48.3 Å². The molecule has 1 N–H and O–H groups in total. The molecule has 0 fully saturated rings. The summed E-state index contributed by atoms with van der Waals surface area (Å²) in [6.45, 7) is 3.89. The van der Waals surface area contributed by atoms with Gasteiger partial charge < -0.3 is 5.11 Å². The molecule has 128 valence electrons. The summed E-state index contributed by atoms with van der Waals surface area (Å²) >= 11 is 12.1. The van der Waals surface area contributed by atoms with E-state index in [-0.39, 0.29) is 5.56 Å². The standard InChI is InChI=1S/C19H16Cl2N2O2/c1-3-16-17(19(24)25)18(12-7-8-14(20)15(21)10-12)22-23(16)13-6-4-5-11(2)9-13/h4-10H,3H2,1-2H3,(H,24,25). The molecule has 0 bridgehead atoms. The van der Waals surface area contributed by atoms with E-state index in [0.717, 1.165) is 11.3 Å². The van der Waals surface area contributed by atoms with Crippen molar-refractivity contribution in [1.29, 1.82) is 0 Å². The molecule has 0 unspecified atom stereocenters. The fourth-order valence-electron chi connectivity index (χ4n) is 2.82. The van der Waals surface area contributed by atoms with Crippen LogP contribution in [0.4, 0.5) is 0 Å². The predicted octanol–water partition coefficient (Wildman–Crippen LogP) is 5.42. The molecule has 3 rings (SSSR count). The molecule has 0 aliphatic carbocycles. The van der Waals surface area contributed by atoms with Crippen LogP contribution in [0.1, 0.15) is 28.5 Å². The molecule has 0 radical (unpaired) electrons. The van der Waals surface area contributed by atoms with Crippen molar-refractivity contribution < 1.29 is 9.90 Å². The van der Waals surface area contributed by atoms with Crippen LogP contribution in [0.5, 0.6) is 0 Å². The van der Waals surface area contributed by atoms with Gasteiger partial charge in [-0.15, -0.1) is 0 Å². The Bertz CT molecular complexity index is 964. The third-order valence-corrected chi connectivity index (χ3v) is 4.71. The highest BCUT2D eigenvalue weighted by Gasteiger charge is 2.24.